The predicted molar refractivity (Wildman–Crippen MR) is 108 cm³/mol. The number of amides is 1. The first-order chi connectivity index (χ1) is 15.0. The molecule has 3 rings (SSSR count). The van der Waals surface area contributed by atoms with Crippen molar-refractivity contribution in [2.45, 2.75) is 26.1 Å². The SMILES string of the molecule is COc1ccc(C(C)NC(=O)c2nn(-c3cccc(C(F)(F)F)c3)c(C)cc2=O)cc1F. The minimum atomic E-state index is -4.56. The molecule has 10 heteroatoms. The van der Waals surface area contributed by atoms with E-state index in [4.69, 9.17) is 4.74 Å². The summed E-state index contributed by atoms with van der Waals surface area (Å²) in [5.74, 6) is -1.43. The molecule has 0 aliphatic carbocycles. The maximum absolute atomic E-state index is 14.0. The number of hydrogen-bond donors (Lipinski definition) is 1. The maximum Gasteiger partial charge on any atom is 0.416 e. The fraction of sp³-hybridized carbons (Fsp3) is 0.227. The molecular formula is C22H19F4N3O3. The van der Waals surface area contributed by atoms with Gasteiger partial charge in [0.2, 0.25) is 5.43 Å². The van der Waals surface area contributed by atoms with E-state index in [0.29, 0.717) is 5.56 Å². The van der Waals surface area contributed by atoms with Gasteiger partial charge in [0.15, 0.2) is 17.3 Å². The molecule has 0 aliphatic heterocycles. The molecule has 0 radical (unpaired) electrons. The van der Waals surface area contributed by atoms with E-state index in [9.17, 15) is 27.2 Å². The number of benzene rings is 2. The van der Waals surface area contributed by atoms with Gasteiger partial charge < -0.3 is 10.1 Å². The molecule has 0 saturated carbocycles. The van der Waals surface area contributed by atoms with E-state index in [1.54, 1.807) is 13.0 Å². The number of hydrogen-bond acceptors (Lipinski definition) is 4. The van der Waals surface area contributed by atoms with Crippen molar-refractivity contribution in [3.05, 3.63) is 87.1 Å². The zero-order valence-electron chi connectivity index (χ0n) is 17.3. The van der Waals surface area contributed by atoms with Crippen molar-refractivity contribution in [2.24, 2.45) is 0 Å². The summed E-state index contributed by atoms with van der Waals surface area (Å²) in [6.45, 7) is 3.07. The molecule has 0 saturated heterocycles. The average molecular weight is 449 g/mol. The fourth-order valence-corrected chi connectivity index (χ4v) is 3.08. The molecule has 0 bridgehead atoms. The predicted octanol–water partition coefficient (Wildman–Crippen LogP) is 4.20. The third-order valence-electron chi connectivity index (χ3n) is 4.76. The standard InChI is InChI=1S/C22H19F4N3O3/c1-12-9-18(30)20(28-29(12)16-6-4-5-15(11-16)22(24,25)26)21(31)27-13(2)14-7-8-19(32-3)17(23)10-14/h4-11,13H,1-3H3,(H,27,31). The Hall–Kier alpha value is -3.69. The van der Waals surface area contributed by atoms with E-state index in [2.05, 4.69) is 10.4 Å². The van der Waals surface area contributed by atoms with Crippen molar-refractivity contribution in [3.63, 3.8) is 0 Å². The van der Waals surface area contributed by atoms with Crippen LogP contribution in [0, 0.1) is 12.7 Å². The van der Waals surface area contributed by atoms with Crippen LogP contribution in [0.1, 0.15) is 40.3 Å². The molecule has 1 amide bonds. The van der Waals surface area contributed by atoms with Crippen LogP contribution in [0.2, 0.25) is 0 Å². The highest BCUT2D eigenvalue weighted by Crippen LogP contribution is 2.30. The van der Waals surface area contributed by atoms with Crippen molar-refractivity contribution in [2.75, 3.05) is 7.11 Å². The van der Waals surface area contributed by atoms with E-state index in [0.717, 1.165) is 22.9 Å². The largest absolute Gasteiger partial charge is 0.494 e. The van der Waals surface area contributed by atoms with E-state index >= 15 is 0 Å². The Morgan fingerprint density at radius 3 is 2.50 bits per heavy atom. The number of alkyl halides is 3. The van der Waals surface area contributed by atoms with Gasteiger partial charge in [-0.25, -0.2) is 9.07 Å². The molecule has 32 heavy (non-hydrogen) atoms. The molecule has 3 aromatic rings. The van der Waals surface area contributed by atoms with Gasteiger partial charge in [-0.1, -0.05) is 12.1 Å². The number of nitrogens with one attached hydrogen (secondary N) is 1. The van der Waals surface area contributed by atoms with Crippen LogP contribution in [-0.2, 0) is 6.18 Å². The maximum atomic E-state index is 14.0. The number of ether oxygens (including phenoxy) is 1. The smallest absolute Gasteiger partial charge is 0.416 e. The quantitative estimate of drug-likeness (QED) is 0.593. The highest BCUT2D eigenvalue weighted by molar-refractivity contribution is 5.92. The number of halogens is 4. The highest BCUT2D eigenvalue weighted by atomic mass is 19.4. The Balaban J connectivity index is 1.93. The zero-order valence-corrected chi connectivity index (χ0v) is 17.3. The third-order valence-corrected chi connectivity index (χ3v) is 4.76. The minimum absolute atomic E-state index is 0.0384. The summed E-state index contributed by atoms with van der Waals surface area (Å²) in [5, 5.41) is 6.54. The second-order valence-corrected chi connectivity index (χ2v) is 7.05. The van der Waals surface area contributed by atoms with E-state index in [1.807, 2.05) is 0 Å². The van der Waals surface area contributed by atoms with Crippen LogP contribution in [0.3, 0.4) is 0 Å². The van der Waals surface area contributed by atoms with Gasteiger partial charge in [-0.3, -0.25) is 9.59 Å². The summed E-state index contributed by atoms with van der Waals surface area (Å²) >= 11 is 0. The van der Waals surface area contributed by atoms with Gasteiger partial charge >= 0.3 is 6.18 Å². The Morgan fingerprint density at radius 1 is 1.16 bits per heavy atom. The van der Waals surface area contributed by atoms with Gasteiger partial charge in [-0.2, -0.15) is 18.3 Å². The second-order valence-electron chi connectivity index (χ2n) is 7.05. The number of nitrogens with zero attached hydrogens (tertiary/aromatic N) is 2. The Morgan fingerprint density at radius 2 is 1.88 bits per heavy atom. The van der Waals surface area contributed by atoms with Gasteiger partial charge in [0.25, 0.3) is 5.91 Å². The molecule has 1 N–H and O–H groups in total. The average Bonchev–Trinajstić information content (AvgIpc) is 2.73. The highest BCUT2D eigenvalue weighted by Gasteiger charge is 2.30. The lowest BCUT2D eigenvalue weighted by Gasteiger charge is -2.16. The monoisotopic (exact) mass is 449 g/mol. The molecule has 1 aromatic heterocycles. The van der Waals surface area contributed by atoms with Crippen LogP contribution >= 0.6 is 0 Å². The Kier molecular flexibility index (Phi) is 6.33. The van der Waals surface area contributed by atoms with Crippen LogP contribution in [0.15, 0.2) is 53.3 Å². The molecule has 1 unspecified atom stereocenters. The molecular weight excluding hydrogens is 430 g/mol. The van der Waals surface area contributed by atoms with Gasteiger partial charge in [0.1, 0.15) is 0 Å². The lowest BCUT2D eigenvalue weighted by Crippen LogP contribution is -2.33. The summed E-state index contributed by atoms with van der Waals surface area (Å²) < 4.78 is 59.1. The van der Waals surface area contributed by atoms with Crippen molar-refractivity contribution in [1.29, 1.82) is 0 Å². The van der Waals surface area contributed by atoms with Crippen molar-refractivity contribution in [1.82, 2.24) is 15.1 Å². The summed E-state index contributed by atoms with van der Waals surface area (Å²) in [5.41, 5.74) is -1.39. The lowest BCUT2D eigenvalue weighted by molar-refractivity contribution is -0.137. The number of aromatic nitrogens is 2. The van der Waals surface area contributed by atoms with Gasteiger partial charge in [-0.05, 0) is 49.7 Å². The van der Waals surface area contributed by atoms with Crippen LogP contribution in [0.4, 0.5) is 17.6 Å². The van der Waals surface area contributed by atoms with Gasteiger partial charge in [-0.15, -0.1) is 0 Å². The number of aryl methyl sites for hydroxylation is 1. The summed E-state index contributed by atoms with van der Waals surface area (Å²) in [6.07, 6.45) is -4.56. The Bertz CT molecular complexity index is 1220. The number of carbonyl (C=O) groups excluding carboxylic acids is 1. The summed E-state index contributed by atoms with van der Waals surface area (Å²) in [6, 6.07) is 8.93. The first-order valence-electron chi connectivity index (χ1n) is 9.44. The summed E-state index contributed by atoms with van der Waals surface area (Å²) in [4.78, 5) is 25.0. The number of carbonyl (C=O) groups is 1. The zero-order chi connectivity index (χ0) is 23.6. The fourth-order valence-electron chi connectivity index (χ4n) is 3.08. The first kappa shape index (κ1) is 23.0. The molecule has 0 fully saturated rings. The molecule has 1 heterocycles. The van der Waals surface area contributed by atoms with Crippen LogP contribution < -0.4 is 15.5 Å². The normalized spacial score (nSPS) is 12.3. The van der Waals surface area contributed by atoms with Gasteiger partial charge in [0.05, 0.1) is 24.4 Å². The number of methoxy groups -OCH3 is 1. The van der Waals surface area contributed by atoms with E-state index < -0.39 is 40.6 Å². The van der Waals surface area contributed by atoms with E-state index in [-0.39, 0.29) is 17.1 Å². The Labute approximate surface area is 180 Å². The molecule has 2 aromatic carbocycles. The molecule has 1 atom stereocenters. The van der Waals surface area contributed by atoms with Crippen molar-refractivity contribution >= 4 is 5.91 Å². The van der Waals surface area contributed by atoms with Crippen LogP contribution in [0.25, 0.3) is 5.69 Å². The number of rotatable bonds is 5. The minimum Gasteiger partial charge on any atom is -0.494 e. The van der Waals surface area contributed by atoms with Crippen molar-refractivity contribution in [3.8, 4) is 11.4 Å². The first-order valence-corrected chi connectivity index (χ1v) is 9.44. The van der Waals surface area contributed by atoms with Crippen LogP contribution in [0.5, 0.6) is 5.75 Å². The van der Waals surface area contributed by atoms with Gasteiger partial charge in [0, 0.05) is 11.8 Å². The third kappa shape index (κ3) is 4.79. The lowest BCUT2D eigenvalue weighted by atomic mass is 10.1. The summed E-state index contributed by atoms with van der Waals surface area (Å²) in [7, 11) is 1.32. The molecule has 6 nitrogen and oxygen atoms in total. The van der Waals surface area contributed by atoms with E-state index in [1.165, 1.54) is 38.3 Å². The molecule has 168 valence electrons. The molecule has 0 aliphatic rings. The second kappa shape index (κ2) is 8.81. The van der Waals surface area contributed by atoms with Crippen molar-refractivity contribution < 1.29 is 27.1 Å². The molecule has 0 spiro atoms. The van der Waals surface area contributed by atoms with Crippen LogP contribution in [-0.4, -0.2) is 22.8 Å². The topological polar surface area (TPSA) is 73.2 Å².